The van der Waals surface area contributed by atoms with Crippen LogP contribution in [0.2, 0.25) is 5.02 Å². The van der Waals surface area contributed by atoms with Crippen molar-refractivity contribution in [3.05, 3.63) is 33.3 Å². The molecule has 1 amide bonds. The van der Waals surface area contributed by atoms with Gasteiger partial charge >= 0.3 is 6.09 Å². The third-order valence-corrected chi connectivity index (χ3v) is 3.71. The smallest absolute Gasteiger partial charge is 0.407 e. The third-order valence-electron chi connectivity index (χ3n) is 2.75. The van der Waals surface area contributed by atoms with Crippen molar-refractivity contribution in [2.75, 3.05) is 6.54 Å². The van der Waals surface area contributed by atoms with Crippen LogP contribution in [-0.2, 0) is 4.74 Å². The summed E-state index contributed by atoms with van der Waals surface area (Å²) < 4.78 is 5.74. The monoisotopic (exact) mass is 393 g/mol. The molecule has 0 fully saturated rings. The maximum absolute atomic E-state index is 11.5. The average Bonchev–Trinajstić information content (AvgIpc) is 2.38. The number of carbonyl (C=O) groups excluding carboxylic acids is 1. The van der Waals surface area contributed by atoms with Crippen LogP contribution in [0.4, 0.5) is 4.79 Å². The fourth-order valence-corrected chi connectivity index (χ4v) is 2.40. The number of hydrogen-bond acceptors (Lipinski definition) is 4. The van der Waals surface area contributed by atoms with Crippen molar-refractivity contribution in [1.82, 2.24) is 5.32 Å². The summed E-state index contributed by atoms with van der Waals surface area (Å²) in [5.74, 6) is 0. The fraction of sp³-hybridized carbons (Fsp3) is 0.533. The number of alkyl carbamates (subject to hydrolysis) is 1. The van der Waals surface area contributed by atoms with Gasteiger partial charge in [-0.3, -0.25) is 0 Å². The van der Waals surface area contributed by atoms with Gasteiger partial charge in [-0.1, -0.05) is 27.5 Å². The highest BCUT2D eigenvalue weighted by Gasteiger charge is 2.21. The van der Waals surface area contributed by atoms with Crippen molar-refractivity contribution in [2.24, 2.45) is 0 Å². The predicted molar refractivity (Wildman–Crippen MR) is 89.0 cm³/mol. The molecule has 0 aliphatic carbocycles. The number of ether oxygens (including phenoxy) is 1. The molecule has 1 aromatic carbocycles. The minimum absolute atomic E-state index is 0.180. The second-order valence-corrected chi connectivity index (χ2v) is 7.19. The number of halogens is 2. The van der Waals surface area contributed by atoms with E-state index in [4.69, 9.17) is 16.3 Å². The van der Waals surface area contributed by atoms with E-state index in [1.807, 2.05) is 0 Å². The summed E-state index contributed by atoms with van der Waals surface area (Å²) in [6, 6.07) is 4.96. The second-order valence-electron chi connectivity index (χ2n) is 5.90. The zero-order chi connectivity index (χ0) is 16.9. The van der Waals surface area contributed by atoms with Crippen molar-refractivity contribution in [3.8, 4) is 0 Å². The number of benzene rings is 1. The van der Waals surface area contributed by atoms with E-state index in [9.17, 15) is 15.0 Å². The lowest BCUT2D eigenvalue weighted by atomic mass is 10.0. The molecule has 0 saturated carbocycles. The van der Waals surface area contributed by atoms with Crippen LogP contribution in [0.1, 0.15) is 38.9 Å². The molecule has 0 bridgehead atoms. The zero-order valence-corrected chi connectivity index (χ0v) is 15.1. The summed E-state index contributed by atoms with van der Waals surface area (Å²) in [5.41, 5.74) is -0.0781. The van der Waals surface area contributed by atoms with E-state index in [1.165, 1.54) is 0 Å². The molecule has 0 aliphatic heterocycles. The van der Waals surface area contributed by atoms with Crippen LogP contribution < -0.4 is 5.32 Å². The topological polar surface area (TPSA) is 78.8 Å². The van der Waals surface area contributed by atoms with Gasteiger partial charge in [0.1, 0.15) is 11.7 Å². The van der Waals surface area contributed by atoms with Crippen LogP contribution in [-0.4, -0.2) is 34.6 Å². The quantitative estimate of drug-likeness (QED) is 0.715. The Kier molecular flexibility index (Phi) is 7.12. The van der Waals surface area contributed by atoms with E-state index in [1.54, 1.807) is 39.0 Å². The van der Waals surface area contributed by atoms with Gasteiger partial charge in [-0.2, -0.15) is 0 Å². The van der Waals surface area contributed by atoms with E-state index in [0.29, 0.717) is 15.1 Å². The number of nitrogens with one attached hydrogen (secondary N) is 1. The van der Waals surface area contributed by atoms with Crippen LogP contribution in [0.5, 0.6) is 0 Å². The zero-order valence-electron chi connectivity index (χ0n) is 12.8. The molecule has 0 saturated heterocycles. The van der Waals surface area contributed by atoms with E-state index < -0.39 is 23.9 Å². The summed E-state index contributed by atoms with van der Waals surface area (Å²) in [5, 5.41) is 23.2. The first-order chi connectivity index (χ1) is 10.1. The Bertz CT molecular complexity index is 519. The maximum atomic E-state index is 11.5. The first-order valence-corrected chi connectivity index (χ1v) is 8.05. The molecule has 2 atom stereocenters. The van der Waals surface area contributed by atoms with Crippen LogP contribution in [0.25, 0.3) is 0 Å². The Morgan fingerprint density at radius 3 is 2.64 bits per heavy atom. The Labute approximate surface area is 143 Å². The standard InChI is InChI=1S/C15H21BrClNO4/c1-15(2,3)22-14(21)18-7-6-12(19)13(20)10-8-9(17)4-5-11(10)16/h4-5,8,12-13,19-20H,6-7H2,1-3H3,(H,18,21). The number of carbonyl (C=O) groups is 1. The molecule has 2 unspecified atom stereocenters. The van der Waals surface area contributed by atoms with Crippen molar-refractivity contribution in [1.29, 1.82) is 0 Å². The minimum atomic E-state index is -1.10. The van der Waals surface area contributed by atoms with Gasteiger partial charge in [-0.15, -0.1) is 0 Å². The number of aliphatic hydroxyl groups is 2. The Balaban J connectivity index is 2.50. The highest BCUT2D eigenvalue weighted by atomic mass is 79.9. The molecule has 0 spiro atoms. The minimum Gasteiger partial charge on any atom is -0.444 e. The summed E-state index contributed by atoms with van der Waals surface area (Å²) >= 11 is 9.19. The Morgan fingerprint density at radius 1 is 1.41 bits per heavy atom. The Hall–Kier alpha value is -0.820. The van der Waals surface area contributed by atoms with Gasteiger partial charge < -0.3 is 20.3 Å². The summed E-state index contributed by atoms with van der Waals surface area (Å²) in [6.45, 7) is 5.48. The van der Waals surface area contributed by atoms with Crippen molar-refractivity contribution >= 4 is 33.6 Å². The Morgan fingerprint density at radius 2 is 2.05 bits per heavy atom. The highest BCUT2D eigenvalue weighted by molar-refractivity contribution is 9.10. The van der Waals surface area contributed by atoms with Gasteiger partial charge in [-0.05, 0) is 51.0 Å². The number of aliphatic hydroxyl groups excluding tert-OH is 2. The van der Waals surface area contributed by atoms with E-state index in [-0.39, 0.29) is 13.0 Å². The van der Waals surface area contributed by atoms with Crippen LogP contribution in [0.15, 0.2) is 22.7 Å². The molecule has 0 aliphatic rings. The van der Waals surface area contributed by atoms with Gasteiger partial charge in [0.05, 0.1) is 6.10 Å². The van der Waals surface area contributed by atoms with E-state index >= 15 is 0 Å². The van der Waals surface area contributed by atoms with Gasteiger partial charge in [0, 0.05) is 16.0 Å². The number of hydrogen-bond donors (Lipinski definition) is 3. The van der Waals surface area contributed by atoms with Crippen molar-refractivity contribution in [2.45, 2.75) is 45.0 Å². The van der Waals surface area contributed by atoms with Crippen molar-refractivity contribution < 1.29 is 19.7 Å². The van der Waals surface area contributed by atoms with Gasteiger partial charge in [0.15, 0.2) is 0 Å². The molecule has 1 rings (SSSR count). The largest absolute Gasteiger partial charge is 0.444 e. The lowest BCUT2D eigenvalue weighted by Crippen LogP contribution is -2.34. The predicted octanol–water partition coefficient (Wildman–Crippen LogP) is 3.41. The molecule has 3 N–H and O–H groups in total. The summed E-state index contributed by atoms with van der Waals surface area (Å²) in [4.78, 5) is 11.5. The van der Waals surface area contributed by atoms with Gasteiger partial charge in [-0.25, -0.2) is 4.79 Å². The molecule has 0 heterocycles. The van der Waals surface area contributed by atoms with Crippen LogP contribution in [0.3, 0.4) is 0 Å². The molecule has 1 aromatic rings. The van der Waals surface area contributed by atoms with E-state index in [0.717, 1.165) is 0 Å². The summed E-state index contributed by atoms with van der Waals surface area (Å²) in [7, 11) is 0. The molecule has 0 aromatic heterocycles. The average molecular weight is 395 g/mol. The highest BCUT2D eigenvalue weighted by Crippen LogP contribution is 2.29. The lowest BCUT2D eigenvalue weighted by Gasteiger charge is -2.21. The SMILES string of the molecule is CC(C)(C)OC(=O)NCCC(O)C(O)c1cc(Cl)ccc1Br. The third kappa shape index (κ3) is 6.52. The van der Waals surface area contributed by atoms with Gasteiger partial charge in [0.25, 0.3) is 0 Å². The first kappa shape index (κ1) is 19.2. The van der Waals surface area contributed by atoms with E-state index in [2.05, 4.69) is 21.2 Å². The molecule has 7 heteroatoms. The lowest BCUT2D eigenvalue weighted by molar-refractivity contribution is 0.0119. The summed E-state index contributed by atoms with van der Waals surface area (Å²) in [6.07, 6.45) is -2.52. The molecule has 22 heavy (non-hydrogen) atoms. The molecule has 124 valence electrons. The molecular weight excluding hydrogens is 374 g/mol. The number of rotatable bonds is 5. The van der Waals surface area contributed by atoms with Crippen LogP contribution in [0, 0.1) is 0 Å². The van der Waals surface area contributed by atoms with Crippen molar-refractivity contribution in [3.63, 3.8) is 0 Å². The number of amides is 1. The fourth-order valence-electron chi connectivity index (χ4n) is 1.74. The second kappa shape index (κ2) is 8.15. The van der Waals surface area contributed by atoms with Crippen LogP contribution >= 0.6 is 27.5 Å². The van der Waals surface area contributed by atoms with Gasteiger partial charge in [0.2, 0.25) is 0 Å². The maximum Gasteiger partial charge on any atom is 0.407 e. The molecular formula is C15H21BrClNO4. The molecule has 0 radical (unpaired) electrons. The molecule has 5 nitrogen and oxygen atoms in total. The normalized spacial score (nSPS) is 14.3. The first-order valence-electron chi connectivity index (χ1n) is 6.88.